The lowest BCUT2D eigenvalue weighted by atomic mass is 9.86. The summed E-state index contributed by atoms with van der Waals surface area (Å²) in [6, 6.07) is 2.87. The number of nitrogens with one attached hydrogen (secondary N) is 1. The number of hydrogen-bond donors (Lipinski definition) is 3. The summed E-state index contributed by atoms with van der Waals surface area (Å²) >= 11 is 0. The van der Waals surface area contributed by atoms with Crippen LogP contribution >= 0.6 is 0 Å². The molecule has 1 amide bonds. The van der Waals surface area contributed by atoms with E-state index in [4.69, 9.17) is 5.11 Å². The Bertz CT molecular complexity index is 601. The van der Waals surface area contributed by atoms with Gasteiger partial charge in [0.05, 0.1) is 6.10 Å². The van der Waals surface area contributed by atoms with Gasteiger partial charge < -0.3 is 15.5 Å². The van der Waals surface area contributed by atoms with Crippen molar-refractivity contribution < 1.29 is 24.2 Å². The largest absolute Gasteiger partial charge is 0.481 e. The molecule has 1 aliphatic heterocycles. The Kier molecular flexibility index (Phi) is 2.97. The van der Waals surface area contributed by atoms with Crippen LogP contribution in [0.3, 0.4) is 0 Å². The first-order chi connectivity index (χ1) is 9.49. The van der Waals surface area contributed by atoms with Gasteiger partial charge in [0.15, 0.2) is 0 Å². The maximum Gasteiger partial charge on any atom is 0.316 e. The van der Waals surface area contributed by atoms with Gasteiger partial charge in [0.1, 0.15) is 11.7 Å². The molecule has 3 N–H and O–H groups in total. The number of carbonyl (C=O) groups excluding carboxylic acids is 1. The summed E-state index contributed by atoms with van der Waals surface area (Å²) in [5, 5.41) is 21.3. The first-order valence-corrected chi connectivity index (χ1v) is 6.50. The Morgan fingerprint density at radius 1 is 1.35 bits per heavy atom. The van der Waals surface area contributed by atoms with Crippen molar-refractivity contribution in [2.45, 2.75) is 24.9 Å². The SMILES string of the molecule is O=C(O)C1C(=O)NCC1c1cc2c(cc1F)C(O)CC2. The van der Waals surface area contributed by atoms with E-state index in [1.54, 1.807) is 6.07 Å². The third-order valence-electron chi connectivity index (χ3n) is 4.15. The fraction of sp³-hybridized carbons (Fsp3) is 0.429. The van der Waals surface area contributed by atoms with Gasteiger partial charge in [-0.3, -0.25) is 9.59 Å². The zero-order valence-corrected chi connectivity index (χ0v) is 10.6. The number of carboxylic acids is 1. The highest BCUT2D eigenvalue weighted by atomic mass is 19.1. The third-order valence-corrected chi connectivity index (χ3v) is 4.15. The van der Waals surface area contributed by atoms with Crippen LogP contribution in [-0.4, -0.2) is 28.6 Å². The van der Waals surface area contributed by atoms with E-state index >= 15 is 0 Å². The predicted molar refractivity (Wildman–Crippen MR) is 66.6 cm³/mol. The fourth-order valence-electron chi connectivity index (χ4n) is 3.11. The average molecular weight is 279 g/mol. The molecule has 0 radical (unpaired) electrons. The molecule has 1 saturated heterocycles. The maximum absolute atomic E-state index is 14.2. The molecule has 0 bridgehead atoms. The second-order valence-electron chi connectivity index (χ2n) is 5.29. The topological polar surface area (TPSA) is 86.6 Å². The van der Waals surface area contributed by atoms with Gasteiger partial charge in [0.2, 0.25) is 5.91 Å². The van der Waals surface area contributed by atoms with Gasteiger partial charge in [-0.25, -0.2) is 4.39 Å². The number of aliphatic carboxylic acids is 1. The van der Waals surface area contributed by atoms with E-state index in [0.717, 1.165) is 5.56 Å². The minimum absolute atomic E-state index is 0.119. The summed E-state index contributed by atoms with van der Waals surface area (Å²) < 4.78 is 14.2. The molecule has 2 aliphatic rings. The monoisotopic (exact) mass is 279 g/mol. The molecule has 1 aromatic rings. The van der Waals surface area contributed by atoms with Crippen molar-refractivity contribution in [3.63, 3.8) is 0 Å². The molecule has 1 aromatic carbocycles. The number of amides is 1. The van der Waals surface area contributed by atoms with E-state index in [9.17, 15) is 19.1 Å². The summed E-state index contributed by atoms with van der Waals surface area (Å²) in [6.07, 6.45) is 0.519. The summed E-state index contributed by atoms with van der Waals surface area (Å²) in [5.41, 5.74) is 1.64. The Morgan fingerprint density at radius 2 is 2.10 bits per heavy atom. The molecule has 3 atom stereocenters. The lowest BCUT2D eigenvalue weighted by Gasteiger charge is -2.16. The fourth-order valence-corrected chi connectivity index (χ4v) is 3.11. The van der Waals surface area contributed by atoms with Gasteiger partial charge in [-0.1, -0.05) is 6.07 Å². The number of halogens is 1. The number of carboxylic acid groups (broad SMARTS) is 1. The summed E-state index contributed by atoms with van der Waals surface area (Å²) in [5.74, 6) is -4.35. The predicted octanol–water partition coefficient (Wildman–Crippen LogP) is 0.719. The molecule has 0 aromatic heterocycles. The molecule has 0 spiro atoms. The maximum atomic E-state index is 14.2. The van der Waals surface area contributed by atoms with Crippen LogP contribution < -0.4 is 5.32 Å². The van der Waals surface area contributed by atoms with Crippen molar-refractivity contribution >= 4 is 11.9 Å². The number of benzene rings is 1. The standard InChI is InChI=1S/C14H14FNO4/c15-10-4-7-6(1-2-11(7)17)3-8(10)9-5-16-13(18)12(9)14(19)20/h3-4,9,11-12,17H,1-2,5H2,(H,16,18)(H,19,20). The van der Waals surface area contributed by atoms with Crippen LogP contribution in [0.4, 0.5) is 4.39 Å². The highest BCUT2D eigenvalue weighted by molar-refractivity contribution is 5.99. The van der Waals surface area contributed by atoms with E-state index in [1.165, 1.54) is 6.07 Å². The zero-order chi connectivity index (χ0) is 14.4. The quantitative estimate of drug-likeness (QED) is 0.696. The smallest absolute Gasteiger partial charge is 0.316 e. The highest BCUT2D eigenvalue weighted by Crippen LogP contribution is 2.37. The second kappa shape index (κ2) is 4.56. The molecule has 5 nitrogen and oxygen atoms in total. The molecule has 6 heteroatoms. The van der Waals surface area contributed by atoms with Crippen molar-refractivity contribution in [3.8, 4) is 0 Å². The Balaban J connectivity index is 2.03. The number of aliphatic hydroxyl groups excluding tert-OH is 1. The minimum atomic E-state index is -1.26. The number of fused-ring (bicyclic) bond motifs is 1. The van der Waals surface area contributed by atoms with Crippen LogP contribution in [0.1, 0.15) is 35.1 Å². The number of carbonyl (C=O) groups is 2. The van der Waals surface area contributed by atoms with Crippen molar-refractivity contribution in [1.82, 2.24) is 5.32 Å². The first-order valence-electron chi connectivity index (χ1n) is 6.50. The van der Waals surface area contributed by atoms with E-state index in [-0.39, 0.29) is 12.1 Å². The van der Waals surface area contributed by atoms with Gasteiger partial charge in [-0.05, 0) is 35.6 Å². The van der Waals surface area contributed by atoms with Gasteiger partial charge >= 0.3 is 5.97 Å². The molecule has 1 fully saturated rings. The molecule has 0 saturated carbocycles. The Morgan fingerprint density at radius 3 is 2.80 bits per heavy atom. The van der Waals surface area contributed by atoms with Gasteiger partial charge in [-0.2, -0.15) is 0 Å². The lowest BCUT2D eigenvalue weighted by Crippen LogP contribution is -2.27. The number of aliphatic hydroxyl groups is 1. The summed E-state index contributed by atoms with van der Waals surface area (Å²) in [6.45, 7) is 0.119. The normalized spacial score (nSPS) is 28.3. The molecule has 3 unspecified atom stereocenters. The van der Waals surface area contributed by atoms with Crippen LogP contribution in [-0.2, 0) is 16.0 Å². The molecule has 1 heterocycles. The van der Waals surface area contributed by atoms with Crippen molar-refractivity contribution in [2.75, 3.05) is 6.54 Å². The molecular formula is C14H14FNO4. The average Bonchev–Trinajstić information content (AvgIpc) is 2.93. The first kappa shape index (κ1) is 13.1. The number of rotatable bonds is 2. The molecule has 106 valence electrons. The van der Waals surface area contributed by atoms with Gasteiger partial charge in [0, 0.05) is 12.5 Å². The van der Waals surface area contributed by atoms with E-state index < -0.39 is 35.6 Å². The highest BCUT2D eigenvalue weighted by Gasteiger charge is 2.42. The van der Waals surface area contributed by atoms with Gasteiger partial charge in [0.25, 0.3) is 0 Å². The molecule has 20 heavy (non-hydrogen) atoms. The van der Waals surface area contributed by atoms with Crippen molar-refractivity contribution in [2.24, 2.45) is 5.92 Å². The third kappa shape index (κ3) is 1.87. The van der Waals surface area contributed by atoms with Crippen LogP contribution in [0, 0.1) is 11.7 Å². The molecular weight excluding hydrogens is 265 g/mol. The van der Waals surface area contributed by atoms with E-state index in [0.29, 0.717) is 18.4 Å². The second-order valence-corrected chi connectivity index (χ2v) is 5.29. The van der Waals surface area contributed by atoms with Crippen molar-refractivity contribution in [1.29, 1.82) is 0 Å². The van der Waals surface area contributed by atoms with Crippen LogP contribution in [0.5, 0.6) is 0 Å². The molecule has 3 rings (SSSR count). The lowest BCUT2D eigenvalue weighted by molar-refractivity contribution is -0.145. The van der Waals surface area contributed by atoms with Crippen LogP contribution in [0.25, 0.3) is 0 Å². The van der Waals surface area contributed by atoms with Crippen molar-refractivity contribution in [3.05, 3.63) is 34.6 Å². The minimum Gasteiger partial charge on any atom is -0.481 e. The Labute approximate surface area is 114 Å². The number of aryl methyl sites for hydroxylation is 1. The zero-order valence-electron chi connectivity index (χ0n) is 10.6. The summed E-state index contributed by atoms with van der Waals surface area (Å²) in [7, 11) is 0. The summed E-state index contributed by atoms with van der Waals surface area (Å²) in [4.78, 5) is 22.7. The number of hydrogen-bond acceptors (Lipinski definition) is 3. The van der Waals surface area contributed by atoms with E-state index in [2.05, 4.69) is 5.32 Å². The van der Waals surface area contributed by atoms with E-state index in [1.807, 2.05) is 0 Å². The molecule has 1 aliphatic carbocycles. The Hall–Kier alpha value is -1.95. The van der Waals surface area contributed by atoms with Gasteiger partial charge in [-0.15, -0.1) is 0 Å². The van der Waals surface area contributed by atoms with Crippen LogP contribution in [0.2, 0.25) is 0 Å². The van der Waals surface area contributed by atoms with Crippen LogP contribution in [0.15, 0.2) is 12.1 Å².